The first-order valence-corrected chi connectivity index (χ1v) is 10.8. The molecule has 0 radical (unpaired) electrons. The number of thiophene rings is 1. The van der Waals surface area contributed by atoms with E-state index in [2.05, 4.69) is 20.0 Å². The summed E-state index contributed by atoms with van der Waals surface area (Å²) >= 11 is 1.24. The number of carbonyl (C=O) groups excluding carboxylic acids is 1. The van der Waals surface area contributed by atoms with Gasteiger partial charge in [0.1, 0.15) is 10.7 Å². The summed E-state index contributed by atoms with van der Waals surface area (Å²) < 4.78 is 6.30. The Morgan fingerprint density at radius 2 is 2.13 bits per heavy atom. The first-order valence-electron chi connectivity index (χ1n) is 10.0. The predicted molar refractivity (Wildman–Crippen MR) is 117 cm³/mol. The summed E-state index contributed by atoms with van der Waals surface area (Å²) in [6.45, 7) is 2.46. The molecule has 0 atom stereocenters. The molecule has 0 bridgehead atoms. The Balaban J connectivity index is 1.49. The van der Waals surface area contributed by atoms with Crippen LogP contribution in [0.2, 0.25) is 0 Å². The van der Waals surface area contributed by atoms with Crippen molar-refractivity contribution in [3.63, 3.8) is 0 Å². The molecular weight excluding hydrogens is 418 g/mol. The van der Waals surface area contributed by atoms with Crippen molar-refractivity contribution in [2.24, 2.45) is 0 Å². The van der Waals surface area contributed by atoms with Crippen molar-refractivity contribution in [1.82, 2.24) is 19.7 Å². The van der Waals surface area contributed by atoms with Gasteiger partial charge in [0.25, 0.3) is 11.5 Å². The summed E-state index contributed by atoms with van der Waals surface area (Å²) in [5.41, 5.74) is 1.71. The predicted octanol–water partition coefficient (Wildman–Crippen LogP) is 3.09. The molecule has 1 aliphatic heterocycles. The monoisotopic (exact) mass is 437 g/mol. The van der Waals surface area contributed by atoms with Crippen molar-refractivity contribution in [1.29, 1.82) is 0 Å². The molecule has 10 heteroatoms. The van der Waals surface area contributed by atoms with Crippen LogP contribution in [0.15, 0.2) is 38.4 Å². The van der Waals surface area contributed by atoms with E-state index in [1.807, 2.05) is 0 Å². The van der Waals surface area contributed by atoms with Crippen LogP contribution in [0, 0.1) is 6.92 Å². The fourth-order valence-electron chi connectivity index (χ4n) is 3.91. The number of benzene rings is 1. The zero-order valence-corrected chi connectivity index (χ0v) is 17.5. The Kier molecular flexibility index (Phi) is 4.78. The van der Waals surface area contributed by atoms with Crippen molar-refractivity contribution in [3.8, 4) is 11.4 Å². The van der Waals surface area contributed by atoms with Gasteiger partial charge in [-0.3, -0.25) is 23.7 Å². The van der Waals surface area contributed by atoms with Crippen molar-refractivity contribution in [3.05, 3.63) is 61.4 Å². The second-order valence-electron chi connectivity index (χ2n) is 7.51. The van der Waals surface area contributed by atoms with Crippen LogP contribution < -0.4 is 16.6 Å². The number of nitrogens with zero attached hydrogens (tertiary/aromatic N) is 3. The zero-order valence-electron chi connectivity index (χ0n) is 16.7. The molecule has 4 heterocycles. The third-order valence-electron chi connectivity index (χ3n) is 5.45. The van der Waals surface area contributed by atoms with Crippen LogP contribution in [0.5, 0.6) is 0 Å². The Morgan fingerprint density at radius 3 is 2.94 bits per heavy atom. The number of nitrogens with one attached hydrogen (secondary N) is 2. The molecule has 5 rings (SSSR count). The number of amides is 1. The first kappa shape index (κ1) is 19.4. The number of carbonyl (C=O) groups is 1. The summed E-state index contributed by atoms with van der Waals surface area (Å²) in [6.07, 6.45) is 3.84. The molecule has 1 amide bonds. The van der Waals surface area contributed by atoms with Crippen molar-refractivity contribution >= 4 is 33.1 Å². The van der Waals surface area contributed by atoms with Gasteiger partial charge in [-0.25, -0.2) is 9.78 Å². The SMILES string of the molecule is Cc1c(C(=O)Nc2cccc(-c3noc(=O)[nH]3)c2)sc2nc3n(c(=O)c12)CCCCC3. The van der Waals surface area contributed by atoms with E-state index in [0.717, 1.165) is 31.5 Å². The molecule has 0 saturated carbocycles. The number of hydrogen-bond donors (Lipinski definition) is 2. The van der Waals surface area contributed by atoms with Crippen LogP contribution in [-0.2, 0) is 13.0 Å². The molecule has 0 unspecified atom stereocenters. The number of fused-ring (bicyclic) bond motifs is 2. The smallest absolute Gasteiger partial charge is 0.321 e. The highest BCUT2D eigenvalue weighted by atomic mass is 32.1. The van der Waals surface area contributed by atoms with E-state index in [1.165, 1.54) is 11.3 Å². The van der Waals surface area contributed by atoms with Gasteiger partial charge in [0, 0.05) is 24.2 Å². The first-order chi connectivity index (χ1) is 15.0. The van der Waals surface area contributed by atoms with E-state index >= 15 is 0 Å². The van der Waals surface area contributed by atoms with Crippen molar-refractivity contribution in [2.45, 2.75) is 39.2 Å². The van der Waals surface area contributed by atoms with Crippen molar-refractivity contribution < 1.29 is 9.32 Å². The van der Waals surface area contributed by atoms with Crippen LogP contribution in [0.25, 0.3) is 21.6 Å². The maximum Gasteiger partial charge on any atom is 0.439 e. The average Bonchev–Trinajstić information content (AvgIpc) is 3.23. The molecule has 0 fully saturated rings. The molecule has 3 aromatic heterocycles. The molecular formula is C21H19N5O4S. The van der Waals surface area contributed by atoms with Crippen LogP contribution in [0.1, 0.15) is 40.3 Å². The van der Waals surface area contributed by atoms with E-state index in [-0.39, 0.29) is 17.3 Å². The third-order valence-corrected chi connectivity index (χ3v) is 6.64. The lowest BCUT2D eigenvalue weighted by molar-refractivity contribution is 0.103. The van der Waals surface area contributed by atoms with Crippen LogP contribution in [0.3, 0.4) is 0 Å². The van der Waals surface area contributed by atoms with Gasteiger partial charge < -0.3 is 5.32 Å². The zero-order chi connectivity index (χ0) is 21.5. The lowest BCUT2D eigenvalue weighted by Gasteiger charge is -2.08. The molecule has 2 N–H and O–H groups in total. The van der Waals surface area contributed by atoms with Crippen LogP contribution in [-0.4, -0.2) is 25.6 Å². The lowest BCUT2D eigenvalue weighted by atomic mass is 10.1. The van der Waals surface area contributed by atoms with E-state index in [9.17, 15) is 14.4 Å². The fourth-order valence-corrected chi connectivity index (χ4v) is 5.00. The van der Waals surface area contributed by atoms with Crippen LogP contribution in [0.4, 0.5) is 5.69 Å². The molecule has 1 aromatic carbocycles. The summed E-state index contributed by atoms with van der Waals surface area (Å²) in [7, 11) is 0. The van der Waals surface area contributed by atoms with Gasteiger partial charge >= 0.3 is 5.76 Å². The minimum absolute atomic E-state index is 0.0633. The Bertz CT molecular complexity index is 1430. The Hall–Kier alpha value is -3.53. The van der Waals surface area contributed by atoms with Gasteiger partial charge in [-0.2, -0.15) is 0 Å². The second kappa shape index (κ2) is 7.62. The highest BCUT2D eigenvalue weighted by Gasteiger charge is 2.22. The number of rotatable bonds is 3. The normalized spacial score (nSPS) is 13.7. The number of aromatic nitrogens is 4. The highest BCUT2D eigenvalue weighted by molar-refractivity contribution is 7.20. The molecule has 0 saturated heterocycles. The minimum atomic E-state index is -0.650. The molecule has 0 spiro atoms. The van der Waals surface area contributed by atoms with Crippen molar-refractivity contribution in [2.75, 3.05) is 5.32 Å². The van der Waals surface area contributed by atoms with Gasteiger partial charge in [0.15, 0.2) is 5.82 Å². The molecule has 9 nitrogen and oxygen atoms in total. The van der Waals surface area contributed by atoms with E-state index in [0.29, 0.717) is 38.5 Å². The number of aryl methyl sites for hydroxylation is 2. The molecule has 1 aliphatic rings. The largest absolute Gasteiger partial charge is 0.439 e. The maximum atomic E-state index is 13.1. The summed E-state index contributed by atoms with van der Waals surface area (Å²) in [5.74, 6) is 0.115. The van der Waals surface area contributed by atoms with Crippen LogP contribution >= 0.6 is 11.3 Å². The standard InChI is InChI=1S/C21H19N5O4S/c1-11-15-19(23-14-8-3-2-4-9-26(14)20(15)28)31-16(11)18(27)22-13-7-5-6-12(10-13)17-24-21(29)30-25-17/h5-7,10H,2-4,8-9H2,1H3,(H,22,27)(H,24,25,29). The van der Waals surface area contributed by atoms with Gasteiger partial charge in [0.05, 0.1) is 10.3 Å². The van der Waals surface area contributed by atoms with E-state index in [4.69, 9.17) is 4.98 Å². The number of H-pyrrole nitrogens is 1. The van der Waals surface area contributed by atoms with Gasteiger partial charge in [-0.1, -0.05) is 23.7 Å². The quantitative estimate of drug-likeness (QED) is 0.508. The molecule has 31 heavy (non-hydrogen) atoms. The number of anilines is 1. The molecule has 4 aromatic rings. The van der Waals surface area contributed by atoms with Gasteiger partial charge in [0.2, 0.25) is 0 Å². The summed E-state index contributed by atoms with van der Waals surface area (Å²) in [5, 5.41) is 7.05. The highest BCUT2D eigenvalue weighted by Crippen LogP contribution is 2.29. The topological polar surface area (TPSA) is 123 Å². The number of hydrogen-bond acceptors (Lipinski definition) is 7. The Morgan fingerprint density at radius 1 is 1.26 bits per heavy atom. The van der Waals surface area contributed by atoms with E-state index < -0.39 is 5.76 Å². The van der Waals surface area contributed by atoms with Gasteiger partial charge in [-0.15, -0.1) is 11.3 Å². The fraction of sp³-hybridized carbons (Fsp3) is 0.286. The van der Waals surface area contributed by atoms with E-state index in [1.54, 1.807) is 35.8 Å². The molecule has 158 valence electrons. The van der Waals surface area contributed by atoms with Gasteiger partial charge in [-0.05, 0) is 37.5 Å². The maximum absolute atomic E-state index is 13.1. The lowest BCUT2D eigenvalue weighted by Crippen LogP contribution is -2.24. The summed E-state index contributed by atoms with van der Waals surface area (Å²) in [4.78, 5) is 45.6. The minimum Gasteiger partial charge on any atom is -0.321 e. The summed E-state index contributed by atoms with van der Waals surface area (Å²) in [6, 6.07) is 6.90. The third kappa shape index (κ3) is 3.48. The average molecular weight is 437 g/mol. The Labute approximate surface area is 179 Å². The second-order valence-corrected chi connectivity index (χ2v) is 8.51. The number of aromatic amines is 1. The molecule has 0 aliphatic carbocycles.